The molecular weight excluding hydrogens is 426 g/mol. The topological polar surface area (TPSA) is 63.3 Å². The normalized spacial score (nSPS) is 15.1. The fourth-order valence-electron chi connectivity index (χ4n) is 3.98. The molecule has 0 saturated carbocycles. The van der Waals surface area contributed by atoms with E-state index < -0.39 is 11.8 Å². The summed E-state index contributed by atoms with van der Waals surface area (Å²) < 4.78 is 37.9. The first-order valence-electron chi connectivity index (χ1n) is 10.1. The predicted octanol–water partition coefficient (Wildman–Crippen LogP) is 4.57. The summed E-state index contributed by atoms with van der Waals surface area (Å²) in [6, 6.07) is 7.43. The van der Waals surface area contributed by atoms with Gasteiger partial charge in [0, 0.05) is 28.7 Å². The van der Waals surface area contributed by atoms with Gasteiger partial charge in [-0.15, -0.1) is 12.4 Å². The van der Waals surface area contributed by atoms with Crippen molar-refractivity contribution in [3.05, 3.63) is 64.9 Å². The lowest BCUT2D eigenvalue weighted by Gasteiger charge is -2.27. The van der Waals surface area contributed by atoms with E-state index in [1.807, 2.05) is 6.20 Å². The molecule has 3 aromatic rings. The van der Waals surface area contributed by atoms with Crippen molar-refractivity contribution in [1.29, 1.82) is 0 Å². The van der Waals surface area contributed by atoms with Gasteiger partial charge in [0.05, 0.1) is 12.7 Å². The Hall–Kier alpha value is -2.64. The van der Waals surface area contributed by atoms with Gasteiger partial charge in [-0.1, -0.05) is 0 Å². The highest BCUT2D eigenvalue weighted by atomic mass is 35.5. The third-order valence-corrected chi connectivity index (χ3v) is 5.53. The van der Waals surface area contributed by atoms with Crippen LogP contribution in [0.2, 0.25) is 0 Å². The predicted molar refractivity (Wildman–Crippen MR) is 117 cm³/mol. The molecule has 1 atom stereocenters. The number of methoxy groups -OCH3 is 1. The fourth-order valence-corrected chi connectivity index (χ4v) is 3.98. The number of aromatic amines is 1. The van der Waals surface area contributed by atoms with Gasteiger partial charge in [0.25, 0.3) is 0 Å². The number of aryl methyl sites for hydroxylation is 1. The maximum absolute atomic E-state index is 14.0. The van der Waals surface area contributed by atoms with Gasteiger partial charge in [-0.3, -0.25) is 0 Å². The Morgan fingerprint density at radius 3 is 2.90 bits per heavy atom. The van der Waals surface area contributed by atoms with Crippen molar-refractivity contribution in [2.45, 2.75) is 31.7 Å². The van der Waals surface area contributed by atoms with E-state index in [-0.39, 0.29) is 30.0 Å². The van der Waals surface area contributed by atoms with E-state index in [0.717, 1.165) is 42.3 Å². The molecule has 0 radical (unpaired) electrons. The van der Waals surface area contributed by atoms with Crippen LogP contribution in [0.3, 0.4) is 0 Å². The summed E-state index contributed by atoms with van der Waals surface area (Å²) in [5.41, 5.74) is 2.94. The van der Waals surface area contributed by atoms with Gasteiger partial charge in [0.2, 0.25) is 0 Å². The van der Waals surface area contributed by atoms with E-state index in [9.17, 15) is 13.6 Å². The molecule has 5 nitrogen and oxygen atoms in total. The van der Waals surface area contributed by atoms with Crippen molar-refractivity contribution in [2.75, 3.05) is 20.3 Å². The molecule has 8 heteroatoms. The number of rotatable bonds is 7. The molecule has 2 aromatic carbocycles. The quantitative estimate of drug-likeness (QED) is 0.409. The SMILES string of the molecule is COC(=O)c1ccc(F)c2c1CC(NCCCCc1c[nH]c3ccc(F)cc13)CO2.Cl. The van der Waals surface area contributed by atoms with Crippen LogP contribution < -0.4 is 10.1 Å². The zero-order chi connectivity index (χ0) is 21.1. The van der Waals surface area contributed by atoms with Gasteiger partial charge in [-0.25, -0.2) is 13.6 Å². The third kappa shape index (κ3) is 4.99. The molecule has 166 valence electrons. The minimum absolute atomic E-state index is 0. The average Bonchev–Trinajstić information content (AvgIpc) is 3.15. The number of benzene rings is 2. The maximum atomic E-state index is 14.0. The lowest BCUT2D eigenvalue weighted by Crippen LogP contribution is -2.40. The van der Waals surface area contributed by atoms with E-state index >= 15 is 0 Å². The molecule has 4 rings (SSSR count). The minimum Gasteiger partial charge on any atom is -0.489 e. The first kappa shape index (κ1) is 23.0. The van der Waals surface area contributed by atoms with E-state index in [1.165, 1.54) is 25.3 Å². The molecular formula is C23H25ClF2N2O3. The number of H-pyrrole nitrogens is 1. The molecule has 1 aliphatic heterocycles. The molecule has 0 fully saturated rings. The van der Waals surface area contributed by atoms with Crippen molar-refractivity contribution in [3.8, 4) is 5.75 Å². The molecule has 1 unspecified atom stereocenters. The molecule has 0 bridgehead atoms. The van der Waals surface area contributed by atoms with Crippen molar-refractivity contribution < 1.29 is 23.0 Å². The Balaban J connectivity index is 0.00000272. The van der Waals surface area contributed by atoms with E-state index in [4.69, 9.17) is 9.47 Å². The smallest absolute Gasteiger partial charge is 0.338 e. The summed E-state index contributed by atoms with van der Waals surface area (Å²) in [6.07, 6.45) is 5.17. The van der Waals surface area contributed by atoms with Gasteiger partial charge in [-0.2, -0.15) is 0 Å². The number of halogens is 3. The molecule has 0 aliphatic carbocycles. The average molecular weight is 451 g/mol. The standard InChI is InChI=1S/C23H24F2N2O3.ClH/c1-29-23(28)17-6-7-20(25)22-19(17)11-16(13-30-22)26-9-3-2-4-14-12-27-21-8-5-15(24)10-18(14)21;/h5-8,10,12,16,26-27H,2-4,9,11,13H2,1H3;1H. The number of aromatic nitrogens is 1. The Morgan fingerprint density at radius 2 is 2.10 bits per heavy atom. The van der Waals surface area contributed by atoms with Crippen LogP contribution in [0.15, 0.2) is 36.5 Å². The summed E-state index contributed by atoms with van der Waals surface area (Å²) >= 11 is 0. The second-order valence-corrected chi connectivity index (χ2v) is 7.52. The maximum Gasteiger partial charge on any atom is 0.338 e. The lowest BCUT2D eigenvalue weighted by atomic mass is 9.96. The zero-order valence-electron chi connectivity index (χ0n) is 17.2. The second-order valence-electron chi connectivity index (χ2n) is 7.52. The molecule has 2 N–H and O–H groups in total. The van der Waals surface area contributed by atoms with Crippen molar-refractivity contribution >= 4 is 29.3 Å². The van der Waals surface area contributed by atoms with Crippen LogP contribution >= 0.6 is 12.4 Å². The number of carbonyl (C=O) groups excluding carboxylic acids is 1. The van der Waals surface area contributed by atoms with Crippen LogP contribution in [-0.4, -0.2) is 37.3 Å². The molecule has 31 heavy (non-hydrogen) atoms. The number of ether oxygens (including phenoxy) is 2. The number of nitrogens with one attached hydrogen (secondary N) is 2. The summed E-state index contributed by atoms with van der Waals surface area (Å²) in [6.45, 7) is 1.11. The van der Waals surface area contributed by atoms with Gasteiger partial charge in [-0.05, 0) is 68.1 Å². The highest BCUT2D eigenvalue weighted by molar-refractivity contribution is 5.92. The third-order valence-electron chi connectivity index (χ3n) is 5.53. The van der Waals surface area contributed by atoms with Gasteiger partial charge < -0.3 is 19.8 Å². The minimum atomic E-state index is -0.495. The molecule has 0 amide bonds. The number of hydrogen-bond acceptors (Lipinski definition) is 4. The Kier molecular flexibility index (Phi) is 7.51. The summed E-state index contributed by atoms with van der Waals surface area (Å²) in [5.74, 6) is -1.05. The Labute approximate surface area is 185 Å². The van der Waals surface area contributed by atoms with E-state index in [2.05, 4.69) is 10.3 Å². The summed E-state index contributed by atoms with van der Waals surface area (Å²) in [5, 5.41) is 4.35. The highest BCUT2D eigenvalue weighted by Gasteiger charge is 2.27. The second kappa shape index (κ2) is 10.1. The monoisotopic (exact) mass is 450 g/mol. The number of hydrogen-bond donors (Lipinski definition) is 2. The van der Waals surface area contributed by atoms with E-state index in [1.54, 1.807) is 12.1 Å². The highest BCUT2D eigenvalue weighted by Crippen LogP contribution is 2.31. The zero-order valence-corrected chi connectivity index (χ0v) is 18.0. The summed E-state index contributed by atoms with van der Waals surface area (Å²) in [4.78, 5) is 15.2. The fraction of sp³-hybridized carbons (Fsp3) is 0.348. The lowest BCUT2D eigenvalue weighted by molar-refractivity contribution is 0.0597. The molecule has 0 saturated heterocycles. The van der Waals surface area contributed by atoms with E-state index in [0.29, 0.717) is 24.2 Å². The van der Waals surface area contributed by atoms with Crippen LogP contribution in [0.25, 0.3) is 10.9 Å². The molecule has 2 heterocycles. The van der Waals surface area contributed by atoms with Crippen molar-refractivity contribution in [2.24, 2.45) is 0 Å². The first-order chi connectivity index (χ1) is 14.6. The van der Waals surface area contributed by atoms with Crippen molar-refractivity contribution in [1.82, 2.24) is 10.3 Å². The van der Waals surface area contributed by atoms with Crippen LogP contribution in [0.4, 0.5) is 8.78 Å². The number of unbranched alkanes of at least 4 members (excludes halogenated alkanes) is 1. The number of esters is 1. The van der Waals surface area contributed by atoms with Gasteiger partial charge >= 0.3 is 5.97 Å². The Morgan fingerprint density at radius 1 is 1.26 bits per heavy atom. The summed E-state index contributed by atoms with van der Waals surface area (Å²) in [7, 11) is 1.31. The van der Waals surface area contributed by atoms with Crippen LogP contribution in [0.5, 0.6) is 5.75 Å². The molecule has 0 spiro atoms. The van der Waals surface area contributed by atoms with Crippen LogP contribution in [-0.2, 0) is 17.6 Å². The number of carbonyl (C=O) groups is 1. The van der Waals surface area contributed by atoms with Crippen molar-refractivity contribution in [3.63, 3.8) is 0 Å². The first-order valence-corrected chi connectivity index (χ1v) is 10.1. The van der Waals surface area contributed by atoms with Gasteiger partial charge in [0.1, 0.15) is 12.4 Å². The molecule has 1 aromatic heterocycles. The van der Waals surface area contributed by atoms with Crippen LogP contribution in [0, 0.1) is 11.6 Å². The number of fused-ring (bicyclic) bond motifs is 2. The van der Waals surface area contributed by atoms with Crippen LogP contribution in [0.1, 0.15) is 34.3 Å². The largest absolute Gasteiger partial charge is 0.489 e. The molecule has 1 aliphatic rings. The van der Waals surface area contributed by atoms with Gasteiger partial charge in [0.15, 0.2) is 11.6 Å². The Bertz CT molecular complexity index is 1070.